The molecule has 0 atom stereocenters. The molecule has 0 saturated heterocycles. The molecule has 0 bridgehead atoms. The molecule has 0 radical (unpaired) electrons. The summed E-state index contributed by atoms with van der Waals surface area (Å²) < 4.78 is 0. The second-order valence-corrected chi connectivity index (χ2v) is 4.62. The van der Waals surface area contributed by atoms with E-state index >= 15 is 0 Å². The Balaban J connectivity index is 2.48. The molecule has 1 rings (SSSR count). The van der Waals surface area contributed by atoms with Gasteiger partial charge in [0.2, 0.25) is 0 Å². The molecule has 0 fully saturated rings. The van der Waals surface area contributed by atoms with E-state index in [0.29, 0.717) is 0 Å². The number of nitrogens with zero attached hydrogens (tertiary/aromatic N) is 3. The average molecular weight is 262 g/mol. The summed E-state index contributed by atoms with van der Waals surface area (Å²) in [5.41, 5.74) is 1.23. The van der Waals surface area contributed by atoms with E-state index in [-0.39, 0.29) is 0 Å². The van der Waals surface area contributed by atoms with Crippen molar-refractivity contribution in [1.29, 1.82) is 0 Å². The monoisotopic (exact) mass is 262 g/mol. The van der Waals surface area contributed by atoms with Crippen LogP contribution in [0.1, 0.15) is 32.3 Å². The number of rotatable bonds is 7. The molecule has 4 heteroatoms. The predicted octanol–water partition coefficient (Wildman–Crippen LogP) is 2.32. The van der Waals surface area contributed by atoms with Gasteiger partial charge in [0.25, 0.3) is 0 Å². The molecule has 1 heterocycles. The van der Waals surface area contributed by atoms with Crippen LogP contribution in [0.25, 0.3) is 0 Å². The molecule has 106 valence electrons. The van der Waals surface area contributed by atoms with Crippen LogP contribution in [-0.4, -0.2) is 42.5 Å². The first-order valence-corrected chi connectivity index (χ1v) is 7.16. The Bertz CT molecular complexity index is 362. The van der Waals surface area contributed by atoms with Crippen LogP contribution < -0.4 is 5.32 Å². The second kappa shape index (κ2) is 9.36. The molecule has 0 aromatic carbocycles. The van der Waals surface area contributed by atoms with Crippen molar-refractivity contribution < 1.29 is 0 Å². The highest BCUT2D eigenvalue weighted by Crippen LogP contribution is 1.98. The molecule has 4 nitrogen and oxygen atoms in total. The molecule has 1 aromatic rings. The number of hydrogen-bond donors (Lipinski definition) is 1. The van der Waals surface area contributed by atoms with Gasteiger partial charge in [0.1, 0.15) is 0 Å². The van der Waals surface area contributed by atoms with E-state index in [0.717, 1.165) is 32.0 Å². The smallest absolute Gasteiger partial charge is 0.193 e. The molecule has 0 aliphatic carbocycles. The summed E-state index contributed by atoms with van der Waals surface area (Å²) in [7, 11) is 2.10. The third kappa shape index (κ3) is 6.22. The molecule has 0 unspecified atom stereocenters. The van der Waals surface area contributed by atoms with Gasteiger partial charge in [0.05, 0.1) is 0 Å². The fourth-order valence-electron chi connectivity index (χ4n) is 1.81. The van der Waals surface area contributed by atoms with Crippen molar-refractivity contribution in [2.24, 2.45) is 4.99 Å². The molecule has 19 heavy (non-hydrogen) atoms. The number of unbranched alkanes of at least 4 members (excludes halogenated alkanes) is 1. The van der Waals surface area contributed by atoms with E-state index in [1.807, 2.05) is 12.3 Å². The summed E-state index contributed by atoms with van der Waals surface area (Å²) in [6, 6.07) is 4.06. The van der Waals surface area contributed by atoms with Crippen LogP contribution >= 0.6 is 0 Å². The first kappa shape index (κ1) is 15.5. The standard InChI is InChI=1S/C15H26N4/c1-4-6-12-19(3)15(17-5-2)18-11-9-14-8-7-10-16-13-14/h7-8,10,13H,4-6,9,11-12H2,1-3H3,(H,17,18). The van der Waals surface area contributed by atoms with Gasteiger partial charge in [-0.25, -0.2) is 0 Å². The third-order valence-electron chi connectivity index (χ3n) is 2.93. The molecular formula is C15H26N4. The molecule has 1 aromatic heterocycles. The van der Waals surface area contributed by atoms with Crippen LogP contribution in [-0.2, 0) is 6.42 Å². The van der Waals surface area contributed by atoms with Crippen LogP contribution in [0, 0.1) is 0 Å². The van der Waals surface area contributed by atoms with E-state index in [4.69, 9.17) is 0 Å². The Kier molecular flexibility index (Phi) is 7.63. The lowest BCUT2D eigenvalue weighted by atomic mass is 10.2. The summed E-state index contributed by atoms with van der Waals surface area (Å²) in [6.07, 6.45) is 7.05. The zero-order valence-corrected chi connectivity index (χ0v) is 12.4. The number of pyridine rings is 1. The lowest BCUT2D eigenvalue weighted by molar-refractivity contribution is 0.465. The summed E-state index contributed by atoms with van der Waals surface area (Å²) in [5.74, 6) is 1.000. The first-order chi connectivity index (χ1) is 9.27. The molecule has 0 amide bonds. The lowest BCUT2D eigenvalue weighted by Gasteiger charge is -2.21. The zero-order valence-electron chi connectivity index (χ0n) is 12.4. The van der Waals surface area contributed by atoms with Crippen molar-refractivity contribution in [3.63, 3.8) is 0 Å². The fourth-order valence-corrected chi connectivity index (χ4v) is 1.81. The van der Waals surface area contributed by atoms with E-state index in [1.165, 1.54) is 18.4 Å². The number of hydrogen-bond acceptors (Lipinski definition) is 2. The maximum Gasteiger partial charge on any atom is 0.193 e. The van der Waals surface area contributed by atoms with E-state index < -0.39 is 0 Å². The molecule has 1 N–H and O–H groups in total. The van der Waals surface area contributed by atoms with Crippen LogP contribution in [0.3, 0.4) is 0 Å². The highest BCUT2D eigenvalue weighted by atomic mass is 15.3. The maximum absolute atomic E-state index is 4.67. The topological polar surface area (TPSA) is 40.5 Å². The number of aromatic nitrogens is 1. The van der Waals surface area contributed by atoms with Crippen molar-refractivity contribution >= 4 is 5.96 Å². The van der Waals surface area contributed by atoms with Gasteiger partial charge >= 0.3 is 0 Å². The van der Waals surface area contributed by atoms with Gasteiger partial charge in [0.15, 0.2) is 5.96 Å². The molecule has 0 aliphatic heterocycles. The third-order valence-corrected chi connectivity index (χ3v) is 2.93. The molecular weight excluding hydrogens is 236 g/mol. The van der Waals surface area contributed by atoms with E-state index in [2.05, 4.69) is 47.2 Å². The Morgan fingerprint density at radius 3 is 2.89 bits per heavy atom. The highest BCUT2D eigenvalue weighted by Gasteiger charge is 2.04. The van der Waals surface area contributed by atoms with Gasteiger partial charge in [0, 0.05) is 39.1 Å². The van der Waals surface area contributed by atoms with Crippen LogP contribution in [0.4, 0.5) is 0 Å². The Morgan fingerprint density at radius 1 is 1.42 bits per heavy atom. The van der Waals surface area contributed by atoms with Gasteiger partial charge in [-0.05, 0) is 31.4 Å². The number of aliphatic imine (C=N–C) groups is 1. The SMILES string of the molecule is CCCCN(C)C(=NCCc1cccnc1)NCC. The normalized spacial score (nSPS) is 11.4. The van der Waals surface area contributed by atoms with Gasteiger partial charge in [-0.1, -0.05) is 19.4 Å². The number of nitrogens with one attached hydrogen (secondary N) is 1. The minimum Gasteiger partial charge on any atom is -0.357 e. The minimum atomic E-state index is 0.796. The molecule has 0 saturated carbocycles. The van der Waals surface area contributed by atoms with Crippen molar-refractivity contribution in [1.82, 2.24) is 15.2 Å². The fraction of sp³-hybridized carbons (Fsp3) is 0.600. The van der Waals surface area contributed by atoms with E-state index in [9.17, 15) is 0 Å². The average Bonchev–Trinajstić information content (AvgIpc) is 2.45. The summed E-state index contributed by atoms with van der Waals surface area (Å²) >= 11 is 0. The zero-order chi connectivity index (χ0) is 13.9. The van der Waals surface area contributed by atoms with Crippen LogP contribution in [0.15, 0.2) is 29.5 Å². The Morgan fingerprint density at radius 2 is 2.26 bits per heavy atom. The lowest BCUT2D eigenvalue weighted by Crippen LogP contribution is -2.39. The van der Waals surface area contributed by atoms with Crippen molar-refractivity contribution in [2.45, 2.75) is 33.1 Å². The van der Waals surface area contributed by atoms with Gasteiger partial charge in [-0.15, -0.1) is 0 Å². The predicted molar refractivity (Wildman–Crippen MR) is 81.5 cm³/mol. The molecule has 0 aliphatic rings. The minimum absolute atomic E-state index is 0.796. The summed E-state index contributed by atoms with van der Waals surface area (Å²) in [5, 5.41) is 3.34. The van der Waals surface area contributed by atoms with Gasteiger partial charge in [-0.2, -0.15) is 0 Å². The van der Waals surface area contributed by atoms with Gasteiger partial charge in [-0.3, -0.25) is 9.98 Å². The Labute approximate surface area is 117 Å². The van der Waals surface area contributed by atoms with Crippen LogP contribution in [0.5, 0.6) is 0 Å². The van der Waals surface area contributed by atoms with Crippen molar-refractivity contribution in [3.05, 3.63) is 30.1 Å². The van der Waals surface area contributed by atoms with E-state index in [1.54, 1.807) is 6.20 Å². The number of guanidine groups is 1. The van der Waals surface area contributed by atoms with Crippen LogP contribution in [0.2, 0.25) is 0 Å². The quantitative estimate of drug-likeness (QED) is 0.605. The summed E-state index contributed by atoms with van der Waals surface area (Å²) in [4.78, 5) is 11.0. The van der Waals surface area contributed by atoms with Crippen molar-refractivity contribution in [3.8, 4) is 0 Å². The largest absolute Gasteiger partial charge is 0.357 e. The summed E-state index contributed by atoms with van der Waals surface area (Å²) in [6.45, 7) is 7.06. The first-order valence-electron chi connectivity index (χ1n) is 7.16. The van der Waals surface area contributed by atoms with Crippen molar-refractivity contribution in [2.75, 3.05) is 26.7 Å². The highest BCUT2D eigenvalue weighted by molar-refractivity contribution is 5.79. The maximum atomic E-state index is 4.67. The molecule has 0 spiro atoms. The Hall–Kier alpha value is -1.58. The second-order valence-electron chi connectivity index (χ2n) is 4.62. The van der Waals surface area contributed by atoms with Gasteiger partial charge < -0.3 is 10.2 Å².